The molecule has 1 amide bonds. The number of hydrogen-bond acceptors (Lipinski definition) is 5. The van der Waals surface area contributed by atoms with E-state index in [1.54, 1.807) is 12.1 Å². The van der Waals surface area contributed by atoms with E-state index in [1.165, 1.54) is 25.3 Å². The molecule has 0 bridgehead atoms. The second kappa shape index (κ2) is 10.2. The molecule has 32 heavy (non-hydrogen) atoms. The fraction of sp³-hybridized carbons (Fsp3) is 0.208. The van der Waals surface area contributed by atoms with E-state index in [9.17, 15) is 19.2 Å². The number of aryl methyl sites for hydroxylation is 2. The number of carbonyl (C=O) groups excluding carboxylic acids is 1. The Bertz CT molecular complexity index is 1380. The first kappa shape index (κ1) is 23.1. The maximum atomic E-state index is 14.6. The molecule has 0 radical (unpaired) electrons. The third-order valence-electron chi connectivity index (χ3n) is 4.77. The molecular formula is C24H22FN3O3S. The number of methoxy groups -OCH3 is 1. The number of aromatic nitrogens is 1. The molecule has 0 fully saturated rings. The van der Waals surface area contributed by atoms with Crippen LogP contribution in [-0.4, -0.2) is 30.7 Å². The topological polar surface area (TPSA) is 84.1 Å². The number of ether oxygens (including phenoxy) is 1. The Hall–Kier alpha value is -3.54. The van der Waals surface area contributed by atoms with E-state index in [1.807, 2.05) is 38.1 Å². The van der Waals surface area contributed by atoms with Gasteiger partial charge >= 0.3 is 0 Å². The van der Waals surface area contributed by atoms with Crippen LogP contribution in [0.1, 0.15) is 16.7 Å². The maximum Gasteiger partial charge on any atom is 0.273 e. The molecule has 2 aromatic carbocycles. The number of rotatable bonds is 6. The van der Waals surface area contributed by atoms with Gasteiger partial charge in [-0.05, 0) is 43.2 Å². The molecule has 0 unspecified atom stereocenters. The van der Waals surface area contributed by atoms with Crippen molar-refractivity contribution >= 4 is 28.9 Å². The van der Waals surface area contributed by atoms with Gasteiger partial charge < -0.3 is 10.1 Å². The molecule has 1 aromatic heterocycles. The SMILES string of the molecule is COCCNC(=O)/C(C#N)=c1\s/c(=C\c2ccc(C)cc2C)c(=O)n1-c1ccccc1F. The standard InChI is InChI=1S/C24H22FN3O3S/c1-15-8-9-17(16(2)12-15)13-21-23(30)28(20-7-5-4-6-19(20)25)24(32-21)18(14-26)22(29)27-10-11-31-3/h4-9,12-13H,10-11H2,1-3H3,(H,27,29)/b21-13-,24-18-. The Morgan fingerprint density at radius 3 is 2.69 bits per heavy atom. The van der Waals surface area contributed by atoms with Crippen LogP contribution in [0.4, 0.5) is 4.39 Å². The van der Waals surface area contributed by atoms with Crippen molar-refractivity contribution in [3.05, 3.63) is 84.5 Å². The monoisotopic (exact) mass is 451 g/mol. The second-order valence-corrected chi connectivity index (χ2v) is 8.13. The number of hydrogen-bond donors (Lipinski definition) is 1. The molecule has 8 heteroatoms. The predicted octanol–water partition coefficient (Wildman–Crippen LogP) is 1.92. The van der Waals surface area contributed by atoms with Crippen LogP contribution in [0, 0.1) is 31.0 Å². The Morgan fingerprint density at radius 2 is 2.03 bits per heavy atom. The van der Waals surface area contributed by atoms with Gasteiger partial charge in [-0.3, -0.25) is 14.2 Å². The molecule has 1 heterocycles. The summed E-state index contributed by atoms with van der Waals surface area (Å²) in [6.07, 6.45) is 1.69. The quantitative estimate of drug-likeness (QED) is 0.581. The first-order valence-electron chi connectivity index (χ1n) is 9.84. The molecule has 3 aromatic rings. The van der Waals surface area contributed by atoms with Gasteiger partial charge in [0.1, 0.15) is 16.5 Å². The van der Waals surface area contributed by atoms with Gasteiger partial charge in [0.2, 0.25) is 0 Å². The molecule has 0 spiro atoms. The molecule has 0 saturated heterocycles. The smallest absolute Gasteiger partial charge is 0.273 e. The minimum atomic E-state index is -0.658. The summed E-state index contributed by atoms with van der Waals surface area (Å²) in [6, 6.07) is 13.4. The summed E-state index contributed by atoms with van der Waals surface area (Å²) in [6.45, 7) is 4.36. The number of nitrogens with zero attached hydrogens (tertiary/aromatic N) is 2. The summed E-state index contributed by atoms with van der Waals surface area (Å²) in [7, 11) is 1.49. The van der Waals surface area contributed by atoms with Gasteiger partial charge in [-0.2, -0.15) is 5.26 Å². The molecule has 0 aliphatic heterocycles. The number of benzene rings is 2. The highest BCUT2D eigenvalue weighted by molar-refractivity contribution is 7.07. The van der Waals surface area contributed by atoms with Gasteiger partial charge in [-0.1, -0.05) is 35.9 Å². The first-order valence-corrected chi connectivity index (χ1v) is 10.7. The van der Waals surface area contributed by atoms with Gasteiger partial charge in [0.05, 0.1) is 16.8 Å². The van der Waals surface area contributed by atoms with Crippen LogP contribution in [-0.2, 0) is 9.53 Å². The maximum absolute atomic E-state index is 14.6. The summed E-state index contributed by atoms with van der Waals surface area (Å²) in [5.41, 5.74) is 2.08. The second-order valence-electron chi connectivity index (χ2n) is 7.10. The Balaban J connectivity index is 2.34. The largest absolute Gasteiger partial charge is 0.383 e. The molecule has 1 N–H and O–H groups in total. The molecule has 6 nitrogen and oxygen atoms in total. The molecular weight excluding hydrogens is 429 g/mol. The summed E-state index contributed by atoms with van der Waals surface area (Å²) in [5.74, 6) is -1.29. The Morgan fingerprint density at radius 1 is 1.28 bits per heavy atom. The van der Waals surface area contributed by atoms with Gasteiger partial charge in [0.15, 0.2) is 5.57 Å². The lowest BCUT2D eigenvalue weighted by atomic mass is 10.1. The summed E-state index contributed by atoms with van der Waals surface area (Å²) in [5, 5.41) is 12.3. The van der Waals surface area contributed by atoms with Crippen LogP contribution in [0.5, 0.6) is 0 Å². The third-order valence-corrected chi connectivity index (χ3v) is 5.87. The first-order chi connectivity index (χ1) is 15.4. The summed E-state index contributed by atoms with van der Waals surface area (Å²) in [4.78, 5) is 26.0. The molecule has 0 aliphatic rings. The lowest BCUT2D eigenvalue weighted by Crippen LogP contribution is -2.35. The molecule has 0 atom stereocenters. The average molecular weight is 452 g/mol. The number of nitrogens with one attached hydrogen (secondary N) is 1. The van der Waals surface area contributed by atoms with Gasteiger partial charge in [0, 0.05) is 13.7 Å². The van der Waals surface area contributed by atoms with E-state index in [2.05, 4.69) is 5.32 Å². The minimum Gasteiger partial charge on any atom is -0.383 e. The van der Waals surface area contributed by atoms with Gasteiger partial charge in [-0.25, -0.2) is 4.39 Å². The number of carbonyl (C=O) groups is 1. The van der Waals surface area contributed by atoms with Gasteiger partial charge in [-0.15, -0.1) is 11.3 Å². The van der Waals surface area contributed by atoms with E-state index < -0.39 is 17.3 Å². The molecule has 0 saturated carbocycles. The molecule has 164 valence electrons. The van der Waals surface area contributed by atoms with Crippen molar-refractivity contribution in [3.8, 4) is 11.8 Å². The third kappa shape index (κ3) is 4.85. The number of nitriles is 1. The van der Waals surface area contributed by atoms with Crippen LogP contribution in [0.25, 0.3) is 17.3 Å². The van der Waals surface area contributed by atoms with E-state index in [4.69, 9.17) is 4.74 Å². The van der Waals surface area contributed by atoms with Gasteiger partial charge in [0.25, 0.3) is 11.5 Å². The van der Waals surface area contributed by atoms with E-state index in [-0.39, 0.29) is 33.6 Å². The fourth-order valence-electron chi connectivity index (χ4n) is 3.18. The normalized spacial score (nSPS) is 12.4. The van der Waals surface area contributed by atoms with Crippen LogP contribution in [0.2, 0.25) is 0 Å². The highest BCUT2D eigenvalue weighted by atomic mass is 32.1. The number of thiazole rings is 1. The Labute approximate surface area is 188 Å². The van der Waals surface area contributed by atoms with Crippen LogP contribution in [0.3, 0.4) is 0 Å². The lowest BCUT2D eigenvalue weighted by Gasteiger charge is -2.06. The predicted molar refractivity (Wildman–Crippen MR) is 123 cm³/mol. The molecule has 3 rings (SSSR count). The average Bonchev–Trinajstić information content (AvgIpc) is 3.07. The van der Waals surface area contributed by atoms with Crippen molar-refractivity contribution in [2.24, 2.45) is 0 Å². The van der Waals surface area contributed by atoms with E-state index in [0.29, 0.717) is 0 Å². The summed E-state index contributed by atoms with van der Waals surface area (Å²) >= 11 is 0.974. The highest BCUT2D eigenvalue weighted by Crippen LogP contribution is 2.12. The number of halogens is 1. The van der Waals surface area contributed by atoms with Crippen molar-refractivity contribution in [1.29, 1.82) is 5.26 Å². The van der Waals surface area contributed by atoms with Crippen LogP contribution >= 0.6 is 11.3 Å². The van der Waals surface area contributed by atoms with E-state index >= 15 is 0 Å². The summed E-state index contributed by atoms with van der Waals surface area (Å²) < 4.78 is 21.0. The number of amides is 1. The minimum absolute atomic E-state index is 0.0264. The zero-order chi connectivity index (χ0) is 23.3. The lowest BCUT2D eigenvalue weighted by molar-refractivity contribution is -0.115. The zero-order valence-corrected chi connectivity index (χ0v) is 18.8. The highest BCUT2D eigenvalue weighted by Gasteiger charge is 2.18. The number of para-hydroxylation sites is 1. The van der Waals surface area contributed by atoms with Crippen molar-refractivity contribution < 1.29 is 13.9 Å². The van der Waals surface area contributed by atoms with Crippen LogP contribution < -0.4 is 20.1 Å². The van der Waals surface area contributed by atoms with Crippen molar-refractivity contribution in [3.63, 3.8) is 0 Å². The fourth-order valence-corrected chi connectivity index (χ4v) is 4.27. The van der Waals surface area contributed by atoms with Crippen molar-refractivity contribution in [1.82, 2.24) is 9.88 Å². The van der Waals surface area contributed by atoms with Crippen LogP contribution in [0.15, 0.2) is 47.3 Å². The van der Waals surface area contributed by atoms with Crippen molar-refractivity contribution in [2.75, 3.05) is 20.3 Å². The van der Waals surface area contributed by atoms with Crippen molar-refractivity contribution in [2.45, 2.75) is 13.8 Å². The Kier molecular flexibility index (Phi) is 7.36. The zero-order valence-electron chi connectivity index (χ0n) is 17.9. The van der Waals surface area contributed by atoms with E-state index in [0.717, 1.165) is 32.6 Å². The molecule has 0 aliphatic carbocycles.